The van der Waals surface area contributed by atoms with E-state index in [-0.39, 0.29) is 0 Å². The molecule has 0 aliphatic heterocycles. The number of aliphatic carboxylic acids is 1. The van der Waals surface area contributed by atoms with Crippen LogP contribution in [0.2, 0.25) is 0 Å². The molecule has 0 atom stereocenters. The summed E-state index contributed by atoms with van der Waals surface area (Å²) in [4.78, 5) is 13.5. The minimum absolute atomic E-state index is 0.403. The number of hydrogen-bond acceptors (Lipinski definition) is 3. The SMILES string of the molecule is O=C(O)Cc1cnc(OC(F)(F)F)c(I)c1C(F)(F)F. The van der Waals surface area contributed by atoms with E-state index >= 15 is 0 Å². The van der Waals surface area contributed by atoms with Crippen LogP contribution in [0.5, 0.6) is 5.88 Å². The van der Waals surface area contributed by atoms with Crippen LogP contribution in [0, 0.1) is 3.57 Å². The Bertz CT molecular complexity index is 528. The topological polar surface area (TPSA) is 59.4 Å². The van der Waals surface area contributed by atoms with Gasteiger partial charge in [0.25, 0.3) is 0 Å². The van der Waals surface area contributed by atoms with Crippen molar-refractivity contribution >= 4 is 28.6 Å². The first-order valence-electron chi connectivity index (χ1n) is 4.64. The maximum absolute atomic E-state index is 12.8. The van der Waals surface area contributed by atoms with E-state index < -0.39 is 45.5 Å². The van der Waals surface area contributed by atoms with E-state index in [0.717, 1.165) is 22.6 Å². The molecule has 4 nitrogen and oxygen atoms in total. The average Bonchev–Trinajstić information content (AvgIpc) is 2.17. The van der Waals surface area contributed by atoms with Gasteiger partial charge in [-0.25, -0.2) is 4.98 Å². The van der Waals surface area contributed by atoms with Gasteiger partial charge in [-0.05, 0) is 28.2 Å². The summed E-state index contributed by atoms with van der Waals surface area (Å²) in [5.41, 5.74) is -2.25. The number of rotatable bonds is 3. The summed E-state index contributed by atoms with van der Waals surface area (Å²) in [5, 5.41) is 8.49. The Kier molecular flexibility index (Phi) is 4.71. The molecule has 1 N–H and O–H groups in total. The van der Waals surface area contributed by atoms with Gasteiger partial charge in [-0.3, -0.25) is 4.79 Å². The van der Waals surface area contributed by atoms with Crippen LogP contribution in [-0.2, 0) is 17.4 Å². The van der Waals surface area contributed by atoms with Crippen LogP contribution in [0.25, 0.3) is 0 Å². The molecule has 0 aliphatic carbocycles. The van der Waals surface area contributed by atoms with E-state index in [1.165, 1.54) is 0 Å². The summed E-state index contributed by atoms with van der Waals surface area (Å²) in [7, 11) is 0. The van der Waals surface area contributed by atoms with Crippen molar-refractivity contribution in [3.8, 4) is 5.88 Å². The van der Waals surface area contributed by atoms with Gasteiger partial charge in [0.05, 0.1) is 15.6 Å². The van der Waals surface area contributed by atoms with Crippen molar-refractivity contribution in [2.24, 2.45) is 0 Å². The maximum Gasteiger partial charge on any atom is 0.574 e. The predicted octanol–water partition coefficient (Wildman–Crippen LogP) is 3.23. The van der Waals surface area contributed by atoms with E-state index in [0.29, 0.717) is 6.20 Å². The Balaban J connectivity index is 3.39. The zero-order valence-electron chi connectivity index (χ0n) is 9.14. The lowest BCUT2D eigenvalue weighted by Gasteiger charge is -2.16. The molecule has 1 heterocycles. The van der Waals surface area contributed by atoms with Crippen LogP contribution in [-0.4, -0.2) is 22.4 Å². The molecule has 0 unspecified atom stereocenters. The fourth-order valence-electron chi connectivity index (χ4n) is 1.29. The van der Waals surface area contributed by atoms with Crippen molar-refractivity contribution in [1.29, 1.82) is 0 Å². The van der Waals surface area contributed by atoms with Gasteiger partial charge < -0.3 is 9.84 Å². The zero-order chi connectivity index (χ0) is 15.7. The van der Waals surface area contributed by atoms with Crippen molar-refractivity contribution in [1.82, 2.24) is 4.98 Å². The molecule has 112 valence electrons. The molecule has 0 saturated heterocycles. The summed E-state index contributed by atoms with van der Waals surface area (Å²) >= 11 is 0.978. The van der Waals surface area contributed by atoms with E-state index in [1.807, 2.05) is 0 Å². The summed E-state index contributed by atoms with van der Waals surface area (Å²) < 4.78 is 76.9. The van der Waals surface area contributed by atoms with Crippen molar-refractivity contribution in [2.75, 3.05) is 0 Å². The van der Waals surface area contributed by atoms with Crippen LogP contribution in [0.15, 0.2) is 6.20 Å². The molecule has 11 heteroatoms. The Morgan fingerprint density at radius 2 is 1.85 bits per heavy atom. The lowest BCUT2D eigenvalue weighted by Crippen LogP contribution is -2.21. The highest BCUT2D eigenvalue weighted by Crippen LogP contribution is 2.39. The minimum atomic E-state index is -5.20. The van der Waals surface area contributed by atoms with Gasteiger partial charge in [0.1, 0.15) is 0 Å². The number of pyridine rings is 1. The summed E-state index contributed by atoms with van der Waals surface area (Å²) in [6, 6.07) is 0. The number of halogens is 7. The number of ether oxygens (including phenoxy) is 1. The summed E-state index contributed by atoms with van der Waals surface area (Å²) in [6.45, 7) is 0. The highest BCUT2D eigenvalue weighted by atomic mass is 127. The van der Waals surface area contributed by atoms with Gasteiger partial charge in [0.15, 0.2) is 0 Å². The molecule has 1 aromatic rings. The van der Waals surface area contributed by atoms with Crippen molar-refractivity contribution in [3.63, 3.8) is 0 Å². The standard InChI is InChI=1S/C9H4F6INO3/c10-8(11,12)5-3(1-4(18)19)2-17-7(6(5)16)20-9(13,14)15/h2H,1H2,(H,18,19). The Morgan fingerprint density at radius 1 is 1.30 bits per heavy atom. The van der Waals surface area contributed by atoms with Crippen molar-refractivity contribution in [2.45, 2.75) is 19.0 Å². The molecule has 0 spiro atoms. The van der Waals surface area contributed by atoms with Crippen LogP contribution >= 0.6 is 22.6 Å². The monoisotopic (exact) mass is 415 g/mol. The van der Waals surface area contributed by atoms with Crippen LogP contribution < -0.4 is 4.74 Å². The number of carboxylic acid groups (broad SMARTS) is 1. The molecular weight excluding hydrogens is 411 g/mol. The quantitative estimate of drug-likeness (QED) is 0.609. The van der Waals surface area contributed by atoms with Crippen molar-refractivity contribution in [3.05, 3.63) is 20.9 Å². The van der Waals surface area contributed by atoms with Crippen LogP contribution in [0.3, 0.4) is 0 Å². The molecule has 0 saturated carbocycles. The highest BCUT2D eigenvalue weighted by Gasteiger charge is 2.40. The zero-order valence-corrected chi connectivity index (χ0v) is 11.3. The third-order valence-corrected chi connectivity index (χ3v) is 2.90. The molecule has 0 bridgehead atoms. The molecule has 0 amide bonds. The second-order valence-electron chi connectivity index (χ2n) is 3.39. The third kappa shape index (κ3) is 4.38. The second-order valence-corrected chi connectivity index (χ2v) is 4.47. The largest absolute Gasteiger partial charge is 0.574 e. The molecule has 0 fully saturated rings. The lowest BCUT2D eigenvalue weighted by molar-refractivity contribution is -0.276. The molecule has 0 radical (unpaired) electrons. The van der Waals surface area contributed by atoms with E-state index in [2.05, 4.69) is 9.72 Å². The first kappa shape index (κ1) is 16.8. The van der Waals surface area contributed by atoms with E-state index in [1.54, 1.807) is 0 Å². The molecule has 0 aromatic carbocycles. The smallest absolute Gasteiger partial charge is 0.481 e. The predicted molar refractivity (Wildman–Crippen MR) is 60.0 cm³/mol. The lowest BCUT2D eigenvalue weighted by atomic mass is 10.1. The van der Waals surface area contributed by atoms with Gasteiger partial charge >= 0.3 is 18.5 Å². The normalized spacial score (nSPS) is 12.3. The Hall–Kier alpha value is -1.27. The second kappa shape index (κ2) is 5.61. The molecule has 1 aromatic heterocycles. The first-order chi connectivity index (χ1) is 8.92. The summed E-state index contributed by atoms with van der Waals surface area (Å²) in [6.07, 6.45) is -10.9. The van der Waals surface area contributed by atoms with Gasteiger partial charge in [-0.1, -0.05) is 0 Å². The molecule has 1 rings (SSSR count). The van der Waals surface area contributed by atoms with E-state index in [4.69, 9.17) is 5.11 Å². The first-order valence-corrected chi connectivity index (χ1v) is 5.72. The fraction of sp³-hybridized carbons (Fsp3) is 0.333. The number of hydrogen-bond donors (Lipinski definition) is 1. The number of carbonyl (C=O) groups is 1. The van der Waals surface area contributed by atoms with Crippen LogP contribution in [0.1, 0.15) is 11.1 Å². The van der Waals surface area contributed by atoms with Gasteiger partial charge in [-0.15, -0.1) is 13.2 Å². The fourth-order valence-corrected chi connectivity index (χ4v) is 2.19. The van der Waals surface area contributed by atoms with Gasteiger partial charge in [-0.2, -0.15) is 13.2 Å². The Morgan fingerprint density at radius 3 is 2.25 bits per heavy atom. The van der Waals surface area contributed by atoms with Crippen molar-refractivity contribution < 1.29 is 41.0 Å². The molecular formula is C9H4F6INO3. The average molecular weight is 415 g/mol. The summed E-state index contributed by atoms with van der Waals surface area (Å²) in [5.74, 6) is -2.85. The maximum atomic E-state index is 12.8. The minimum Gasteiger partial charge on any atom is -0.481 e. The highest BCUT2D eigenvalue weighted by molar-refractivity contribution is 14.1. The number of alkyl halides is 6. The van der Waals surface area contributed by atoms with E-state index in [9.17, 15) is 31.1 Å². The molecule has 20 heavy (non-hydrogen) atoms. The molecule has 0 aliphatic rings. The van der Waals surface area contributed by atoms with Gasteiger partial charge in [0.2, 0.25) is 5.88 Å². The third-order valence-electron chi connectivity index (χ3n) is 1.90. The number of nitrogens with zero attached hydrogens (tertiary/aromatic N) is 1. The number of aromatic nitrogens is 1. The van der Waals surface area contributed by atoms with Crippen LogP contribution in [0.4, 0.5) is 26.3 Å². The Labute approximate surface area is 120 Å². The number of carboxylic acids is 1. The van der Waals surface area contributed by atoms with Gasteiger partial charge in [0, 0.05) is 6.20 Å².